The lowest BCUT2D eigenvalue weighted by molar-refractivity contribution is 0.405. The molecule has 82 valence electrons. The van der Waals surface area contributed by atoms with Gasteiger partial charge in [0.05, 0.1) is 23.0 Å². The minimum absolute atomic E-state index is 0.509. The highest BCUT2D eigenvalue weighted by Gasteiger charge is 2.21. The van der Waals surface area contributed by atoms with Gasteiger partial charge >= 0.3 is 0 Å². The molecule has 15 heavy (non-hydrogen) atoms. The fourth-order valence-electron chi connectivity index (χ4n) is 1.22. The van der Waals surface area contributed by atoms with Gasteiger partial charge < -0.3 is 5.32 Å². The first-order valence-corrected chi connectivity index (χ1v) is 5.18. The minimum atomic E-state index is -0.509. The topological polar surface area (TPSA) is 53.6 Å². The van der Waals surface area contributed by atoms with Crippen LogP contribution in [0.4, 0.5) is 0 Å². The smallest absolute Gasteiger partial charge is 0.105 e. The standard InChI is InChI=1S/C10H15ClN4/c1-8-9(11)6-14-15(8)5-4-10(2,7-12)13-3/h6,13H,4-5H2,1-3H3. The Bertz CT molecular complexity index is 379. The Kier molecular flexibility index (Phi) is 3.72. The molecule has 1 aromatic rings. The van der Waals surface area contributed by atoms with Gasteiger partial charge in [-0.1, -0.05) is 11.6 Å². The van der Waals surface area contributed by atoms with Crippen molar-refractivity contribution in [2.75, 3.05) is 7.05 Å². The Balaban J connectivity index is 2.66. The third kappa shape index (κ3) is 2.71. The van der Waals surface area contributed by atoms with E-state index in [9.17, 15) is 0 Å². The van der Waals surface area contributed by atoms with E-state index in [1.54, 1.807) is 13.2 Å². The highest BCUT2D eigenvalue weighted by molar-refractivity contribution is 6.31. The molecule has 1 N–H and O–H groups in total. The molecule has 1 aromatic heterocycles. The number of aryl methyl sites for hydroxylation is 1. The van der Waals surface area contributed by atoms with E-state index in [4.69, 9.17) is 16.9 Å². The summed E-state index contributed by atoms with van der Waals surface area (Å²) in [6.07, 6.45) is 2.32. The molecule has 1 unspecified atom stereocenters. The summed E-state index contributed by atoms with van der Waals surface area (Å²) in [6, 6.07) is 2.24. The zero-order valence-corrected chi connectivity index (χ0v) is 9.97. The van der Waals surface area contributed by atoms with E-state index in [-0.39, 0.29) is 0 Å². The van der Waals surface area contributed by atoms with E-state index in [1.807, 2.05) is 18.5 Å². The van der Waals surface area contributed by atoms with Gasteiger partial charge in [-0.3, -0.25) is 4.68 Å². The van der Waals surface area contributed by atoms with Crippen molar-refractivity contribution in [2.24, 2.45) is 0 Å². The van der Waals surface area contributed by atoms with Gasteiger partial charge in [-0.15, -0.1) is 0 Å². The van der Waals surface area contributed by atoms with Crippen molar-refractivity contribution in [3.05, 3.63) is 16.9 Å². The van der Waals surface area contributed by atoms with Crippen molar-refractivity contribution in [1.29, 1.82) is 5.26 Å². The summed E-state index contributed by atoms with van der Waals surface area (Å²) in [5.74, 6) is 0. The van der Waals surface area contributed by atoms with Gasteiger partial charge in [-0.05, 0) is 27.3 Å². The molecular formula is C10H15ClN4. The number of aromatic nitrogens is 2. The number of nitrogens with zero attached hydrogens (tertiary/aromatic N) is 3. The van der Waals surface area contributed by atoms with Gasteiger partial charge in [0.15, 0.2) is 0 Å². The molecule has 0 amide bonds. The number of nitriles is 1. The SMILES string of the molecule is CNC(C)(C#N)CCn1ncc(Cl)c1C. The van der Waals surface area contributed by atoms with Crippen LogP contribution in [0.1, 0.15) is 19.0 Å². The third-order valence-electron chi connectivity index (χ3n) is 2.67. The maximum atomic E-state index is 8.97. The highest BCUT2D eigenvalue weighted by atomic mass is 35.5. The molecule has 5 heteroatoms. The number of hydrogen-bond acceptors (Lipinski definition) is 3. The zero-order valence-electron chi connectivity index (χ0n) is 9.21. The summed E-state index contributed by atoms with van der Waals surface area (Å²) in [5.41, 5.74) is 0.429. The highest BCUT2D eigenvalue weighted by Crippen LogP contribution is 2.15. The number of hydrogen-bond donors (Lipinski definition) is 1. The Morgan fingerprint density at radius 3 is 2.80 bits per heavy atom. The lowest BCUT2D eigenvalue weighted by Gasteiger charge is -2.20. The van der Waals surface area contributed by atoms with E-state index in [0.717, 1.165) is 5.69 Å². The summed E-state index contributed by atoms with van der Waals surface area (Å²) < 4.78 is 1.81. The summed E-state index contributed by atoms with van der Waals surface area (Å²) in [6.45, 7) is 4.47. The maximum absolute atomic E-state index is 8.97. The van der Waals surface area contributed by atoms with Crippen LogP contribution in [0, 0.1) is 18.3 Å². The summed E-state index contributed by atoms with van der Waals surface area (Å²) >= 11 is 5.88. The van der Waals surface area contributed by atoms with E-state index in [0.29, 0.717) is 18.0 Å². The first-order chi connectivity index (χ1) is 7.02. The van der Waals surface area contributed by atoms with Gasteiger partial charge in [0.25, 0.3) is 0 Å². The van der Waals surface area contributed by atoms with Crippen molar-refractivity contribution in [3.8, 4) is 6.07 Å². The van der Waals surface area contributed by atoms with Crippen LogP contribution >= 0.6 is 11.6 Å². The van der Waals surface area contributed by atoms with Crippen molar-refractivity contribution in [3.63, 3.8) is 0 Å². The monoisotopic (exact) mass is 226 g/mol. The number of nitrogens with one attached hydrogen (secondary N) is 1. The molecule has 0 aliphatic carbocycles. The largest absolute Gasteiger partial charge is 0.303 e. The van der Waals surface area contributed by atoms with Crippen LogP contribution in [0.5, 0.6) is 0 Å². The Labute approximate surface area is 94.8 Å². The lowest BCUT2D eigenvalue weighted by Crippen LogP contribution is -2.39. The van der Waals surface area contributed by atoms with E-state index in [1.165, 1.54) is 0 Å². The molecule has 1 atom stereocenters. The van der Waals surface area contributed by atoms with E-state index < -0.39 is 5.54 Å². The molecule has 0 aliphatic heterocycles. The van der Waals surface area contributed by atoms with Crippen LogP contribution in [0.2, 0.25) is 5.02 Å². The van der Waals surface area contributed by atoms with E-state index in [2.05, 4.69) is 16.5 Å². The molecule has 0 fully saturated rings. The predicted molar refractivity (Wildman–Crippen MR) is 59.7 cm³/mol. The van der Waals surface area contributed by atoms with Crippen LogP contribution in [-0.2, 0) is 6.54 Å². The molecule has 0 saturated heterocycles. The Morgan fingerprint density at radius 2 is 2.40 bits per heavy atom. The van der Waals surface area contributed by atoms with Crippen LogP contribution in [0.15, 0.2) is 6.20 Å². The molecule has 1 heterocycles. The van der Waals surface area contributed by atoms with Gasteiger partial charge in [0.2, 0.25) is 0 Å². The Morgan fingerprint density at radius 1 is 1.73 bits per heavy atom. The molecule has 1 rings (SSSR count). The quantitative estimate of drug-likeness (QED) is 0.851. The molecular weight excluding hydrogens is 212 g/mol. The normalized spacial score (nSPS) is 14.6. The average Bonchev–Trinajstić information content (AvgIpc) is 2.57. The van der Waals surface area contributed by atoms with E-state index >= 15 is 0 Å². The first-order valence-electron chi connectivity index (χ1n) is 4.80. The molecule has 0 bridgehead atoms. The van der Waals surface area contributed by atoms with Gasteiger partial charge in [-0.2, -0.15) is 10.4 Å². The summed E-state index contributed by atoms with van der Waals surface area (Å²) in [7, 11) is 1.78. The van der Waals surface area contributed by atoms with Crippen LogP contribution in [-0.4, -0.2) is 22.4 Å². The zero-order chi connectivity index (χ0) is 11.5. The van der Waals surface area contributed by atoms with Gasteiger partial charge in [-0.25, -0.2) is 0 Å². The second kappa shape index (κ2) is 4.65. The summed E-state index contributed by atoms with van der Waals surface area (Å²) in [4.78, 5) is 0. The molecule has 0 spiro atoms. The second-order valence-electron chi connectivity index (χ2n) is 3.74. The van der Waals surface area contributed by atoms with Crippen LogP contribution in [0.25, 0.3) is 0 Å². The lowest BCUT2D eigenvalue weighted by atomic mass is 10.0. The van der Waals surface area contributed by atoms with Crippen LogP contribution < -0.4 is 5.32 Å². The predicted octanol–water partition coefficient (Wildman–Crippen LogP) is 1.74. The van der Waals surface area contributed by atoms with Gasteiger partial charge in [0, 0.05) is 6.54 Å². The van der Waals surface area contributed by atoms with Gasteiger partial charge in [0.1, 0.15) is 5.54 Å². The maximum Gasteiger partial charge on any atom is 0.105 e. The molecule has 4 nitrogen and oxygen atoms in total. The van der Waals surface area contributed by atoms with Crippen molar-refractivity contribution in [2.45, 2.75) is 32.4 Å². The average molecular weight is 227 g/mol. The van der Waals surface area contributed by atoms with Crippen molar-refractivity contribution in [1.82, 2.24) is 15.1 Å². The minimum Gasteiger partial charge on any atom is -0.303 e. The molecule has 0 aromatic carbocycles. The molecule has 0 radical (unpaired) electrons. The first kappa shape index (κ1) is 12.0. The van der Waals surface area contributed by atoms with Crippen LogP contribution in [0.3, 0.4) is 0 Å². The van der Waals surface area contributed by atoms with Crippen molar-refractivity contribution >= 4 is 11.6 Å². The fourth-order valence-corrected chi connectivity index (χ4v) is 1.36. The molecule has 0 saturated carbocycles. The molecule has 0 aliphatic rings. The second-order valence-corrected chi connectivity index (χ2v) is 4.15. The number of rotatable bonds is 4. The summed E-state index contributed by atoms with van der Waals surface area (Å²) in [5, 5.41) is 16.8. The fraction of sp³-hybridized carbons (Fsp3) is 0.600. The third-order valence-corrected chi connectivity index (χ3v) is 3.04. The number of halogens is 1. The van der Waals surface area contributed by atoms with Crippen molar-refractivity contribution < 1.29 is 0 Å². The Hall–Kier alpha value is -1.05.